The maximum atomic E-state index is 5.74. The molecule has 0 saturated heterocycles. The predicted molar refractivity (Wildman–Crippen MR) is 76.2 cm³/mol. The van der Waals surface area contributed by atoms with Crippen molar-refractivity contribution < 1.29 is 9.47 Å². The number of methoxy groups -OCH3 is 1. The highest BCUT2D eigenvalue weighted by molar-refractivity contribution is 9.10. The lowest BCUT2D eigenvalue weighted by Gasteiger charge is -2.09. The summed E-state index contributed by atoms with van der Waals surface area (Å²) in [6.45, 7) is 2.57. The first-order valence-electron chi connectivity index (χ1n) is 5.71. The predicted octanol–water partition coefficient (Wildman–Crippen LogP) is 4.35. The van der Waals surface area contributed by atoms with Crippen LogP contribution >= 0.6 is 15.9 Å². The van der Waals surface area contributed by atoms with E-state index in [2.05, 4.69) is 22.9 Å². The first-order chi connectivity index (χ1) is 8.69. The maximum Gasteiger partial charge on any atom is 0.119 e. The molecule has 0 aromatic heterocycles. The molecule has 0 bridgehead atoms. The molecule has 0 fully saturated rings. The molecule has 0 aliphatic heterocycles. The van der Waals surface area contributed by atoms with E-state index in [1.54, 1.807) is 7.11 Å². The number of aryl methyl sites for hydroxylation is 1. The van der Waals surface area contributed by atoms with Crippen molar-refractivity contribution in [3.05, 3.63) is 58.1 Å². The van der Waals surface area contributed by atoms with E-state index in [0.29, 0.717) is 6.61 Å². The summed E-state index contributed by atoms with van der Waals surface area (Å²) in [6, 6.07) is 13.9. The Bertz CT molecular complexity index is 521. The van der Waals surface area contributed by atoms with E-state index in [-0.39, 0.29) is 0 Å². The average molecular weight is 307 g/mol. The minimum Gasteiger partial charge on any atom is -0.497 e. The van der Waals surface area contributed by atoms with Gasteiger partial charge >= 0.3 is 0 Å². The Kier molecular flexibility index (Phi) is 4.26. The van der Waals surface area contributed by atoms with Gasteiger partial charge in [-0.2, -0.15) is 0 Å². The molecule has 2 rings (SSSR count). The van der Waals surface area contributed by atoms with Gasteiger partial charge < -0.3 is 9.47 Å². The van der Waals surface area contributed by atoms with Crippen LogP contribution < -0.4 is 9.47 Å². The number of rotatable bonds is 4. The quantitative estimate of drug-likeness (QED) is 0.836. The molecule has 0 heterocycles. The second-order valence-electron chi connectivity index (χ2n) is 4.06. The summed E-state index contributed by atoms with van der Waals surface area (Å²) >= 11 is 3.51. The van der Waals surface area contributed by atoms with Crippen molar-refractivity contribution >= 4 is 15.9 Å². The zero-order valence-corrected chi connectivity index (χ0v) is 12.0. The van der Waals surface area contributed by atoms with E-state index < -0.39 is 0 Å². The molecule has 2 aromatic carbocycles. The van der Waals surface area contributed by atoms with Crippen LogP contribution in [0.15, 0.2) is 46.9 Å². The Hall–Kier alpha value is -1.48. The van der Waals surface area contributed by atoms with Gasteiger partial charge in [-0.05, 0) is 37.3 Å². The lowest BCUT2D eigenvalue weighted by molar-refractivity contribution is 0.304. The monoisotopic (exact) mass is 306 g/mol. The Labute approximate surface area is 116 Å². The minimum atomic E-state index is 0.515. The van der Waals surface area contributed by atoms with E-state index in [0.717, 1.165) is 21.5 Å². The van der Waals surface area contributed by atoms with Crippen LogP contribution in [0.1, 0.15) is 11.1 Å². The zero-order chi connectivity index (χ0) is 13.0. The summed E-state index contributed by atoms with van der Waals surface area (Å²) in [5.74, 6) is 1.70. The van der Waals surface area contributed by atoms with E-state index in [4.69, 9.17) is 9.47 Å². The molecule has 2 aromatic rings. The summed E-state index contributed by atoms with van der Waals surface area (Å²) in [6.07, 6.45) is 0. The second-order valence-corrected chi connectivity index (χ2v) is 4.91. The summed E-state index contributed by atoms with van der Waals surface area (Å²) in [7, 11) is 1.66. The Balaban J connectivity index is 2.07. The Morgan fingerprint density at radius 3 is 2.33 bits per heavy atom. The first kappa shape index (κ1) is 13.0. The van der Waals surface area contributed by atoms with Crippen LogP contribution in [-0.2, 0) is 6.61 Å². The number of hydrogen-bond acceptors (Lipinski definition) is 2. The van der Waals surface area contributed by atoms with Gasteiger partial charge in [-0.25, -0.2) is 0 Å². The van der Waals surface area contributed by atoms with E-state index in [9.17, 15) is 0 Å². The maximum absolute atomic E-state index is 5.74. The number of ether oxygens (including phenoxy) is 2. The molecular formula is C15H15BrO2. The summed E-state index contributed by atoms with van der Waals surface area (Å²) < 4.78 is 12.0. The summed E-state index contributed by atoms with van der Waals surface area (Å²) in [5, 5.41) is 0. The third kappa shape index (κ3) is 3.26. The largest absolute Gasteiger partial charge is 0.497 e. The van der Waals surface area contributed by atoms with E-state index in [1.807, 2.05) is 42.5 Å². The van der Waals surface area contributed by atoms with Crippen molar-refractivity contribution in [1.82, 2.24) is 0 Å². The lowest BCUT2D eigenvalue weighted by atomic mass is 10.2. The average Bonchev–Trinajstić information content (AvgIpc) is 2.40. The molecule has 0 N–H and O–H groups in total. The first-order valence-corrected chi connectivity index (χ1v) is 6.50. The third-order valence-electron chi connectivity index (χ3n) is 2.67. The number of halogens is 1. The van der Waals surface area contributed by atoms with Crippen molar-refractivity contribution in [1.29, 1.82) is 0 Å². The van der Waals surface area contributed by atoms with E-state index >= 15 is 0 Å². The van der Waals surface area contributed by atoms with Gasteiger partial charge in [0, 0.05) is 10.0 Å². The molecule has 0 spiro atoms. The van der Waals surface area contributed by atoms with Gasteiger partial charge in [-0.3, -0.25) is 0 Å². The van der Waals surface area contributed by atoms with Gasteiger partial charge in [0.1, 0.15) is 18.1 Å². The third-order valence-corrected chi connectivity index (χ3v) is 3.44. The fourth-order valence-corrected chi connectivity index (χ4v) is 1.95. The van der Waals surface area contributed by atoms with Gasteiger partial charge in [0.2, 0.25) is 0 Å². The van der Waals surface area contributed by atoms with Gasteiger partial charge in [-0.15, -0.1) is 0 Å². The van der Waals surface area contributed by atoms with Crippen LogP contribution in [0.5, 0.6) is 11.5 Å². The highest BCUT2D eigenvalue weighted by atomic mass is 79.9. The SMILES string of the molecule is COc1ccc(Br)c(COc2ccc(C)cc2)c1. The molecule has 0 saturated carbocycles. The standard InChI is InChI=1S/C15H15BrO2/c1-11-3-5-13(6-4-11)18-10-12-9-14(17-2)7-8-15(12)16/h3-9H,10H2,1-2H3. The fourth-order valence-electron chi connectivity index (χ4n) is 1.58. The molecule has 0 aliphatic rings. The van der Waals surface area contributed by atoms with Gasteiger partial charge in [-0.1, -0.05) is 33.6 Å². The Morgan fingerprint density at radius 2 is 1.67 bits per heavy atom. The molecule has 0 aliphatic carbocycles. The molecule has 0 amide bonds. The lowest BCUT2D eigenvalue weighted by Crippen LogP contribution is -1.97. The number of hydrogen-bond donors (Lipinski definition) is 0. The number of benzene rings is 2. The summed E-state index contributed by atoms with van der Waals surface area (Å²) in [4.78, 5) is 0. The molecule has 0 unspecified atom stereocenters. The van der Waals surface area contributed by atoms with Crippen LogP contribution in [0.3, 0.4) is 0 Å². The minimum absolute atomic E-state index is 0.515. The molecule has 2 nitrogen and oxygen atoms in total. The van der Waals surface area contributed by atoms with Crippen LogP contribution in [0, 0.1) is 6.92 Å². The van der Waals surface area contributed by atoms with Crippen molar-refractivity contribution in [2.75, 3.05) is 7.11 Å². The molecule has 3 heteroatoms. The van der Waals surface area contributed by atoms with Crippen molar-refractivity contribution in [2.24, 2.45) is 0 Å². The van der Waals surface area contributed by atoms with Crippen LogP contribution in [0.4, 0.5) is 0 Å². The molecule has 0 radical (unpaired) electrons. The van der Waals surface area contributed by atoms with Crippen LogP contribution in [-0.4, -0.2) is 7.11 Å². The van der Waals surface area contributed by atoms with E-state index in [1.165, 1.54) is 5.56 Å². The van der Waals surface area contributed by atoms with Crippen molar-refractivity contribution in [2.45, 2.75) is 13.5 Å². The topological polar surface area (TPSA) is 18.5 Å². The summed E-state index contributed by atoms with van der Waals surface area (Å²) in [5.41, 5.74) is 2.29. The highest BCUT2D eigenvalue weighted by Crippen LogP contribution is 2.24. The Morgan fingerprint density at radius 1 is 1.00 bits per heavy atom. The van der Waals surface area contributed by atoms with Crippen LogP contribution in [0.25, 0.3) is 0 Å². The fraction of sp³-hybridized carbons (Fsp3) is 0.200. The molecule has 0 atom stereocenters. The molecule has 94 valence electrons. The highest BCUT2D eigenvalue weighted by Gasteiger charge is 2.03. The van der Waals surface area contributed by atoms with Crippen molar-refractivity contribution in [3.63, 3.8) is 0 Å². The van der Waals surface area contributed by atoms with Gasteiger partial charge in [0.25, 0.3) is 0 Å². The van der Waals surface area contributed by atoms with Crippen LogP contribution in [0.2, 0.25) is 0 Å². The molecule has 18 heavy (non-hydrogen) atoms. The van der Waals surface area contributed by atoms with Gasteiger partial charge in [0.15, 0.2) is 0 Å². The van der Waals surface area contributed by atoms with Gasteiger partial charge in [0.05, 0.1) is 7.11 Å². The second kappa shape index (κ2) is 5.91. The smallest absolute Gasteiger partial charge is 0.119 e. The normalized spacial score (nSPS) is 10.2. The zero-order valence-electron chi connectivity index (χ0n) is 10.4. The molecular weight excluding hydrogens is 292 g/mol. The van der Waals surface area contributed by atoms with Crippen molar-refractivity contribution in [3.8, 4) is 11.5 Å².